The van der Waals surface area contributed by atoms with Gasteiger partial charge in [0.2, 0.25) is 5.91 Å². The van der Waals surface area contributed by atoms with Gasteiger partial charge in [-0.2, -0.15) is 0 Å². The number of carbonyl (C=O) groups excluding carboxylic acids is 1. The first-order valence-electron chi connectivity index (χ1n) is 7.48. The molecule has 1 amide bonds. The van der Waals surface area contributed by atoms with Gasteiger partial charge in [-0.1, -0.05) is 12.1 Å². The molecule has 0 unspecified atom stereocenters. The van der Waals surface area contributed by atoms with Crippen molar-refractivity contribution in [1.82, 2.24) is 10.6 Å². The number of benzene rings is 1. The number of halogens is 1. The average molecular weight is 294 g/mol. The van der Waals surface area contributed by atoms with Crippen LogP contribution in [0.4, 0.5) is 4.39 Å². The molecule has 0 aliphatic heterocycles. The van der Waals surface area contributed by atoms with Crippen LogP contribution in [0.2, 0.25) is 0 Å². The standard InChI is InChI=1S/C16H23FN2O2/c1-11(20)19-15-7-5-14(6-8-15)18-10-16(21)12-3-2-4-13(17)9-12/h2-4,9,14-16,18,21H,5-8,10H2,1H3,(H,19,20)/t14?,15?,16-/m0/s1. The van der Waals surface area contributed by atoms with Crippen molar-refractivity contribution in [2.24, 2.45) is 0 Å². The lowest BCUT2D eigenvalue weighted by molar-refractivity contribution is -0.119. The summed E-state index contributed by atoms with van der Waals surface area (Å²) in [6.45, 7) is 1.96. The number of hydrogen-bond acceptors (Lipinski definition) is 3. The van der Waals surface area contributed by atoms with Crippen LogP contribution in [0.1, 0.15) is 44.3 Å². The molecular weight excluding hydrogens is 271 g/mol. The molecule has 0 saturated heterocycles. The summed E-state index contributed by atoms with van der Waals surface area (Å²) in [7, 11) is 0. The second kappa shape index (κ2) is 7.52. The molecule has 1 aliphatic rings. The maximum atomic E-state index is 13.1. The Morgan fingerprint density at radius 3 is 2.62 bits per heavy atom. The highest BCUT2D eigenvalue weighted by Crippen LogP contribution is 2.20. The van der Waals surface area contributed by atoms with Crippen LogP contribution in [0.3, 0.4) is 0 Å². The Morgan fingerprint density at radius 2 is 2.00 bits per heavy atom. The summed E-state index contributed by atoms with van der Waals surface area (Å²) in [5.41, 5.74) is 0.592. The van der Waals surface area contributed by atoms with Crippen LogP contribution in [-0.4, -0.2) is 29.6 Å². The lowest BCUT2D eigenvalue weighted by atomic mass is 9.91. The van der Waals surface area contributed by atoms with Crippen LogP contribution in [0.5, 0.6) is 0 Å². The van der Waals surface area contributed by atoms with Crippen molar-refractivity contribution in [3.8, 4) is 0 Å². The lowest BCUT2D eigenvalue weighted by Crippen LogP contribution is -2.42. The molecule has 0 aromatic heterocycles. The molecule has 0 spiro atoms. The first-order chi connectivity index (χ1) is 10.0. The molecule has 5 heteroatoms. The molecule has 21 heavy (non-hydrogen) atoms. The number of aliphatic hydroxyl groups excluding tert-OH is 1. The van der Waals surface area contributed by atoms with Crippen LogP contribution in [0.15, 0.2) is 24.3 Å². The summed E-state index contributed by atoms with van der Waals surface area (Å²) in [6.07, 6.45) is 3.15. The zero-order valence-corrected chi connectivity index (χ0v) is 12.3. The third-order valence-corrected chi connectivity index (χ3v) is 3.97. The van der Waals surface area contributed by atoms with Gasteiger partial charge in [-0.15, -0.1) is 0 Å². The minimum absolute atomic E-state index is 0.0212. The first kappa shape index (κ1) is 15.9. The predicted molar refractivity (Wildman–Crippen MR) is 79.2 cm³/mol. The fraction of sp³-hybridized carbons (Fsp3) is 0.562. The molecule has 1 atom stereocenters. The third kappa shape index (κ3) is 5.10. The highest BCUT2D eigenvalue weighted by Gasteiger charge is 2.22. The highest BCUT2D eigenvalue weighted by atomic mass is 19.1. The van der Waals surface area contributed by atoms with E-state index < -0.39 is 6.10 Å². The summed E-state index contributed by atoms with van der Waals surface area (Å²) in [5.74, 6) is -0.310. The first-order valence-corrected chi connectivity index (χ1v) is 7.48. The van der Waals surface area contributed by atoms with Crippen LogP contribution in [0.25, 0.3) is 0 Å². The van der Waals surface area contributed by atoms with Crippen molar-refractivity contribution in [2.75, 3.05) is 6.54 Å². The Bertz CT molecular complexity index is 473. The molecule has 1 fully saturated rings. The smallest absolute Gasteiger partial charge is 0.217 e. The molecule has 1 saturated carbocycles. The van der Waals surface area contributed by atoms with Crippen LogP contribution in [0, 0.1) is 5.82 Å². The Kier molecular flexibility index (Phi) is 5.70. The normalized spacial score (nSPS) is 23.6. The molecule has 1 aliphatic carbocycles. The maximum absolute atomic E-state index is 13.1. The van der Waals surface area contributed by atoms with Gasteiger partial charge in [0.25, 0.3) is 0 Å². The Morgan fingerprint density at radius 1 is 1.33 bits per heavy atom. The molecule has 116 valence electrons. The molecule has 1 aromatic carbocycles. The summed E-state index contributed by atoms with van der Waals surface area (Å²) in [5, 5.41) is 16.3. The Balaban J connectivity index is 1.73. The Labute approximate surface area is 124 Å². The van der Waals surface area contributed by atoms with Gasteiger partial charge in [0.05, 0.1) is 6.10 Å². The molecule has 4 nitrogen and oxygen atoms in total. The summed E-state index contributed by atoms with van der Waals surface area (Å²) in [4.78, 5) is 11.0. The van der Waals surface area contributed by atoms with E-state index in [9.17, 15) is 14.3 Å². The van der Waals surface area contributed by atoms with Gasteiger partial charge in [0.1, 0.15) is 5.82 Å². The molecule has 0 radical (unpaired) electrons. The van der Waals surface area contributed by atoms with E-state index in [0.717, 1.165) is 25.7 Å². The van der Waals surface area contributed by atoms with Crippen molar-refractivity contribution in [3.63, 3.8) is 0 Å². The minimum Gasteiger partial charge on any atom is -0.387 e. The second-order valence-corrected chi connectivity index (χ2v) is 5.73. The van der Waals surface area contributed by atoms with Crippen molar-refractivity contribution in [3.05, 3.63) is 35.6 Å². The van der Waals surface area contributed by atoms with E-state index in [0.29, 0.717) is 18.2 Å². The molecular formula is C16H23FN2O2. The largest absolute Gasteiger partial charge is 0.387 e. The van der Waals surface area contributed by atoms with Crippen LogP contribution in [-0.2, 0) is 4.79 Å². The van der Waals surface area contributed by atoms with E-state index in [1.807, 2.05) is 0 Å². The second-order valence-electron chi connectivity index (χ2n) is 5.73. The van der Waals surface area contributed by atoms with Crippen molar-refractivity contribution >= 4 is 5.91 Å². The van der Waals surface area contributed by atoms with E-state index in [1.54, 1.807) is 19.1 Å². The van der Waals surface area contributed by atoms with Gasteiger partial charge >= 0.3 is 0 Å². The zero-order valence-electron chi connectivity index (χ0n) is 12.3. The van der Waals surface area contributed by atoms with E-state index in [-0.39, 0.29) is 17.8 Å². The topological polar surface area (TPSA) is 61.4 Å². The quantitative estimate of drug-likeness (QED) is 0.777. The number of amides is 1. The van der Waals surface area contributed by atoms with E-state index in [1.165, 1.54) is 12.1 Å². The molecule has 3 N–H and O–H groups in total. The molecule has 0 heterocycles. The molecule has 0 bridgehead atoms. The van der Waals surface area contributed by atoms with E-state index >= 15 is 0 Å². The SMILES string of the molecule is CC(=O)NC1CCC(NC[C@H](O)c2cccc(F)c2)CC1. The van der Waals surface area contributed by atoms with Crippen molar-refractivity contribution in [2.45, 2.75) is 50.8 Å². The van der Waals surface area contributed by atoms with Gasteiger partial charge < -0.3 is 15.7 Å². The zero-order chi connectivity index (χ0) is 15.2. The van der Waals surface area contributed by atoms with Crippen molar-refractivity contribution in [1.29, 1.82) is 0 Å². The van der Waals surface area contributed by atoms with E-state index in [2.05, 4.69) is 10.6 Å². The Hall–Kier alpha value is -1.46. The fourth-order valence-electron chi connectivity index (χ4n) is 2.84. The highest BCUT2D eigenvalue weighted by molar-refractivity contribution is 5.73. The van der Waals surface area contributed by atoms with Gasteiger partial charge in [-0.3, -0.25) is 4.79 Å². The minimum atomic E-state index is -0.700. The fourth-order valence-corrected chi connectivity index (χ4v) is 2.84. The van der Waals surface area contributed by atoms with Crippen LogP contribution < -0.4 is 10.6 Å². The van der Waals surface area contributed by atoms with Gasteiger partial charge in [-0.25, -0.2) is 4.39 Å². The number of nitrogens with one attached hydrogen (secondary N) is 2. The van der Waals surface area contributed by atoms with Gasteiger partial charge in [-0.05, 0) is 43.4 Å². The van der Waals surface area contributed by atoms with Gasteiger partial charge in [0.15, 0.2) is 0 Å². The lowest BCUT2D eigenvalue weighted by Gasteiger charge is -2.30. The van der Waals surface area contributed by atoms with Crippen molar-refractivity contribution < 1.29 is 14.3 Å². The monoisotopic (exact) mass is 294 g/mol. The number of hydrogen-bond donors (Lipinski definition) is 3. The summed E-state index contributed by atoms with van der Waals surface area (Å²) < 4.78 is 13.1. The average Bonchev–Trinajstić information content (AvgIpc) is 2.45. The number of rotatable bonds is 5. The van der Waals surface area contributed by atoms with Gasteiger partial charge in [0, 0.05) is 25.6 Å². The molecule has 2 rings (SSSR count). The number of carbonyl (C=O) groups is 1. The molecule has 1 aromatic rings. The van der Waals surface area contributed by atoms with E-state index in [4.69, 9.17) is 0 Å². The maximum Gasteiger partial charge on any atom is 0.217 e. The summed E-state index contributed by atoms with van der Waals surface area (Å²) >= 11 is 0. The summed E-state index contributed by atoms with van der Waals surface area (Å²) in [6, 6.07) is 6.68. The predicted octanol–water partition coefficient (Wildman–Crippen LogP) is 1.90. The third-order valence-electron chi connectivity index (χ3n) is 3.97. The van der Waals surface area contributed by atoms with Crippen LogP contribution >= 0.6 is 0 Å². The number of aliphatic hydroxyl groups is 1.